The van der Waals surface area contributed by atoms with Crippen LogP contribution in [0.2, 0.25) is 0 Å². The van der Waals surface area contributed by atoms with Gasteiger partial charge >= 0.3 is 0 Å². The highest BCUT2D eigenvalue weighted by atomic mass is 32.2. The average molecular weight is 326 g/mol. The molecule has 2 atom stereocenters. The van der Waals surface area contributed by atoms with Gasteiger partial charge in [0, 0.05) is 17.8 Å². The lowest BCUT2D eigenvalue weighted by Gasteiger charge is -2.22. The average Bonchev–Trinajstić information content (AvgIpc) is 2.95. The van der Waals surface area contributed by atoms with Gasteiger partial charge in [-0.1, -0.05) is 6.92 Å². The molecule has 116 valence electrons. The Morgan fingerprint density at radius 2 is 2.24 bits per heavy atom. The van der Waals surface area contributed by atoms with Crippen molar-refractivity contribution in [2.45, 2.75) is 31.6 Å². The van der Waals surface area contributed by atoms with Gasteiger partial charge in [-0.2, -0.15) is 16.7 Å². The van der Waals surface area contributed by atoms with Crippen LogP contribution in [0.1, 0.15) is 20.3 Å². The van der Waals surface area contributed by atoms with Gasteiger partial charge in [-0.3, -0.25) is 0 Å². The van der Waals surface area contributed by atoms with E-state index >= 15 is 0 Å². The molecule has 0 aliphatic carbocycles. The maximum atomic E-state index is 9.41. The lowest BCUT2D eigenvalue weighted by molar-refractivity contribution is 0.288. The topological polar surface area (TPSA) is 70.1 Å². The molecule has 2 unspecified atom stereocenters. The Kier molecular flexibility index (Phi) is 6.08. The summed E-state index contributed by atoms with van der Waals surface area (Å²) < 4.78 is 0. The number of rotatable bonds is 8. The molecule has 3 N–H and O–H groups in total. The summed E-state index contributed by atoms with van der Waals surface area (Å²) in [6, 6.07) is 2.16. The minimum atomic E-state index is 0.127. The molecule has 0 amide bonds. The highest BCUT2D eigenvalue weighted by Gasteiger charge is 2.17. The molecule has 7 heteroatoms. The van der Waals surface area contributed by atoms with Crippen LogP contribution in [-0.2, 0) is 0 Å². The van der Waals surface area contributed by atoms with Crippen molar-refractivity contribution < 1.29 is 5.11 Å². The third-order valence-electron chi connectivity index (χ3n) is 3.26. The first-order valence-electron chi connectivity index (χ1n) is 7.08. The molecule has 0 fully saturated rings. The Hall–Kier alpha value is -1.05. The van der Waals surface area contributed by atoms with Gasteiger partial charge < -0.3 is 15.7 Å². The molecular weight excluding hydrogens is 304 g/mol. The predicted molar refractivity (Wildman–Crippen MR) is 93.7 cm³/mol. The molecule has 2 heterocycles. The quantitative estimate of drug-likeness (QED) is 0.693. The summed E-state index contributed by atoms with van der Waals surface area (Å²) in [5, 5.41) is 19.3. The van der Waals surface area contributed by atoms with E-state index in [1.807, 2.05) is 17.7 Å². The number of aromatic nitrogens is 2. The van der Waals surface area contributed by atoms with Crippen LogP contribution in [0, 0.1) is 0 Å². The first-order chi connectivity index (χ1) is 10.2. The number of nitrogens with zero attached hydrogens (tertiary/aromatic N) is 2. The van der Waals surface area contributed by atoms with E-state index in [-0.39, 0.29) is 17.9 Å². The summed E-state index contributed by atoms with van der Waals surface area (Å²) in [6.45, 7) is 5.18. The summed E-state index contributed by atoms with van der Waals surface area (Å²) in [5.74, 6) is 1.49. The summed E-state index contributed by atoms with van der Waals surface area (Å²) in [4.78, 5) is 10.1. The van der Waals surface area contributed by atoms with Crippen molar-refractivity contribution in [3.63, 3.8) is 0 Å². The fourth-order valence-electron chi connectivity index (χ4n) is 2.03. The van der Waals surface area contributed by atoms with Crippen molar-refractivity contribution in [1.29, 1.82) is 0 Å². The Balaban J connectivity index is 2.26. The zero-order valence-electron chi connectivity index (χ0n) is 12.6. The number of fused-ring (bicyclic) bond motifs is 1. The second kappa shape index (κ2) is 7.82. The van der Waals surface area contributed by atoms with Gasteiger partial charge in [0.2, 0.25) is 5.95 Å². The third kappa shape index (κ3) is 3.99. The molecule has 0 aliphatic heterocycles. The Morgan fingerprint density at radius 3 is 2.90 bits per heavy atom. The van der Waals surface area contributed by atoms with Crippen LogP contribution in [0.15, 0.2) is 11.4 Å². The minimum Gasteiger partial charge on any atom is -0.395 e. The Bertz CT molecular complexity index is 571. The number of nitrogens with one attached hydrogen (secondary N) is 2. The van der Waals surface area contributed by atoms with Crippen LogP contribution in [0.3, 0.4) is 0 Å². The Morgan fingerprint density at radius 1 is 1.43 bits per heavy atom. The van der Waals surface area contributed by atoms with Gasteiger partial charge in [0.1, 0.15) is 10.6 Å². The van der Waals surface area contributed by atoms with Crippen molar-refractivity contribution in [1.82, 2.24) is 9.97 Å². The minimum absolute atomic E-state index is 0.127. The second-order valence-corrected chi connectivity index (χ2v) is 6.82. The van der Waals surface area contributed by atoms with Gasteiger partial charge in [0.05, 0.1) is 12.0 Å². The zero-order valence-corrected chi connectivity index (χ0v) is 14.2. The molecule has 0 bridgehead atoms. The fraction of sp³-hybridized carbons (Fsp3) is 0.571. The van der Waals surface area contributed by atoms with Crippen molar-refractivity contribution in [2.75, 3.05) is 30.0 Å². The maximum absolute atomic E-state index is 9.41. The van der Waals surface area contributed by atoms with Crippen LogP contribution in [0.5, 0.6) is 0 Å². The van der Waals surface area contributed by atoms with Crippen LogP contribution < -0.4 is 10.6 Å². The molecule has 2 aromatic heterocycles. The number of hydrogen-bond donors (Lipinski definition) is 3. The largest absolute Gasteiger partial charge is 0.395 e. The number of hydrogen-bond acceptors (Lipinski definition) is 7. The fourth-order valence-corrected chi connectivity index (χ4v) is 3.42. The van der Waals surface area contributed by atoms with E-state index in [9.17, 15) is 5.11 Å². The summed E-state index contributed by atoms with van der Waals surface area (Å²) in [7, 11) is 0. The van der Waals surface area contributed by atoms with Crippen molar-refractivity contribution >= 4 is 45.1 Å². The van der Waals surface area contributed by atoms with Gasteiger partial charge in [0.25, 0.3) is 0 Å². The monoisotopic (exact) mass is 326 g/mol. The molecule has 0 saturated carbocycles. The molecule has 0 spiro atoms. The number of thiophene rings is 1. The van der Waals surface area contributed by atoms with E-state index in [1.54, 1.807) is 23.1 Å². The van der Waals surface area contributed by atoms with Crippen LogP contribution in [-0.4, -0.2) is 45.8 Å². The van der Waals surface area contributed by atoms with E-state index in [0.29, 0.717) is 5.95 Å². The highest BCUT2D eigenvalue weighted by molar-refractivity contribution is 7.99. The first-order valence-corrected chi connectivity index (χ1v) is 9.25. The smallest absolute Gasteiger partial charge is 0.226 e. The molecule has 2 aromatic rings. The van der Waals surface area contributed by atoms with Gasteiger partial charge in [-0.05, 0) is 31.0 Å². The van der Waals surface area contributed by atoms with E-state index < -0.39 is 0 Å². The lowest BCUT2D eigenvalue weighted by atomic mass is 10.2. The van der Waals surface area contributed by atoms with Crippen LogP contribution in [0.25, 0.3) is 10.2 Å². The molecule has 0 aliphatic rings. The third-order valence-corrected chi connectivity index (χ3v) is 5.23. The van der Waals surface area contributed by atoms with Crippen molar-refractivity contribution in [3.8, 4) is 0 Å². The molecule has 0 aromatic carbocycles. The first kappa shape index (κ1) is 16.3. The van der Waals surface area contributed by atoms with Gasteiger partial charge in [-0.25, -0.2) is 4.98 Å². The summed E-state index contributed by atoms with van der Waals surface area (Å²) >= 11 is 3.26. The molecule has 5 nitrogen and oxygen atoms in total. The van der Waals surface area contributed by atoms with E-state index in [0.717, 1.165) is 29.0 Å². The SMILES string of the molecule is CCCNc1nc(NC(C)C(CO)SC)c2ccsc2n1. The van der Waals surface area contributed by atoms with Crippen molar-refractivity contribution in [2.24, 2.45) is 0 Å². The van der Waals surface area contributed by atoms with E-state index in [2.05, 4.69) is 34.4 Å². The molecule has 0 saturated heterocycles. The normalized spacial score (nSPS) is 14.1. The van der Waals surface area contributed by atoms with Gasteiger partial charge in [-0.15, -0.1) is 11.3 Å². The van der Waals surface area contributed by atoms with Crippen molar-refractivity contribution in [3.05, 3.63) is 11.4 Å². The summed E-state index contributed by atoms with van der Waals surface area (Å²) in [6.07, 6.45) is 3.04. The second-order valence-electron chi connectivity index (χ2n) is 4.85. The highest BCUT2D eigenvalue weighted by Crippen LogP contribution is 2.28. The predicted octanol–water partition coefficient (Wildman–Crippen LogP) is 3.04. The summed E-state index contributed by atoms with van der Waals surface area (Å²) in [5.41, 5.74) is 0. The number of aliphatic hydroxyl groups is 1. The van der Waals surface area contributed by atoms with Gasteiger partial charge in [0.15, 0.2) is 0 Å². The standard InChI is InChI=1S/C14H22N4OS2/c1-4-6-15-14-17-12(10-5-7-21-13(10)18-14)16-9(2)11(8-19)20-3/h5,7,9,11,19H,4,6,8H2,1-3H3,(H2,15,16,17,18). The molecular formula is C14H22N4OS2. The van der Waals surface area contributed by atoms with Crippen LogP contribution >= 0.6 is 23.1 Å². The number of aliphatic hydroxyl groups excluding tert-OH is 1. The Labute approximate surface area is 133 Å². The lowest BCUT2D eigenvalue weighted by Crippen LogP contribution is -2.31. The maximum Gasteiger partial charge on any atom is 0.226 e. The van der Waals surface area contributed by atoms with Crippen LogP contribution in [0.4, 0.5) is 11.8 Å². The molecule has 2 rings (SSSR count). The molecule has 21 heavy (non-hydrogen) atoms. The van der Waals surface area contributed by atoms with E-state index in [4.69, 9.17) is 0 Å². The molecule has 0 radical (unpaired) electrons. The zero-order chi connectivity index (χ0) is 15.2. The number of anilines is 2. The number of thioether (sulfide) groups is 1. The van der Waals surface area contributed by atoms with E-state index in [1.165, 1.54) is 0 Å².